The average Bonchev–Trinajstić information content (AvgIpc) is 3.59. The van der Waals surface area contributed by atoms with Gasteiger partial charge in [0.05, 0.1) is 0 Å². The molecule has 0 aliphatic heterocycles. The Morgan fingerprint density at radius 2 is 1.55 bits per heavy atom. The molecule has 31 heavy (non-hydrogen) atoms. The van der Waals surface area contributed by atoms with Crippen LogP contribution in [0.5, 0.6) is 0 Å². The largest absolute Gasteiger partial charge is 0.433 e. The molecule has 0 bridgehead atoms. The summed E-state index contributed by atoms with van der Waals surface area (Å²) >= 11 is 0. The molecule has 158 valence electrons. The number of hydrogen-bond donors (Lipinski definition) is 2. The van der Waals surface area contributed by atoms with Gasteiger partial charge in [0.25, 0.3) is 5.91 Å². The normalized spacial score (nSPS) is 13.0. The van der Waals surface area contributed by atoms with Gasteiger partial charge in [-0.2, -0.15) is 28.1 Å². The van der Waals surface area contributed by atoms with Crippen LogP contribution in [0.2, 0.25) is 0 Å². The summed E-state index contributed by atoms with van der Waals surface area (Å²) in [6.07, 6.45) is -2.69. The Morgan fingerprint density at radius 3 is 2.19 bits per heavy atom. The quantitative estimate of drug-likeness (QED) is 0.615. The first-order valence-electron chi connectivity index (χ1n) is 9.42. The second kappa shape index (κ2) is 8.13. The highest BCUT2D eigenvalue weighted by Crippen LogP contribution is 2.32. The van der Waals surface area contributed by atoms with Gasteiger partial charge >= 0.3 is 6.18 Å². The highest BCUT2D eigenvalue weighted by Gasteiger charge is 2.32. The first kappa shape index (κ1) is 20.5. The number of nitrogens with one attached hydrogen (secondary N) is 2. The summed E-state index contributed by atoms with van der Waals surface area (Å²) < 4.78 is 39.2. The van der Waals surface area contributed by atoms with Crippen molar-refractivity contribution < 1.29 is 18.0 Å². The summed E-state index contributed by atoms with van der Waals surface area (Å²) in [7, 11) is 0. The molecule has 0 atom stereocenters. The van der Waals surface area contributed by atoms with Gasteiger partial charge in [0.15, 0.2) is 5.82 Å². The molecule has 1 amide bonds. The molecule has 0 saturated heterocycles. The van der Waals surface area contributed by atoms with Gasteiger partial charge in [0.1, 0.15) is 11.4 Å². The van der Waals surface area contributed by atoms with Crippen molar-refractivity contribution in [3.8, 4) is 11.5 Å². The zero-order valence-electron chi connectivity index (χ0n) is 16.4. The van der Waals surface area contributed by atoms with E-state index in [-0.39, 0.29) is 23.4 Å². The Bertz CT molecular complexity index is 1160. The molecule has 1 saturated carbocycles. The summed E-state index contributed by atoms with van der Waals surface area (Å²) in [4.78, 5) is 28.6. The lowest BCUT2D eigenvalue weighted by Crippen LogP contribution is -2.16. The number of carbonyl (C=O) groups is 1. The lowest BCUT2D eigenvalue weighted by atomic mass is 10.2. The number of carbonyl (C=O) groups excluding carboxylic acids is 1. The molecular formula is C21H17F3N6O. The van der Waals surface area contributed by atoms with Crippen molar-refractivity contribution in [1.29, 1.82) is 0 Å². The van der Waals surface area contributed by atoms with E-state index in [0.29, 0.717) is 5.56 Å². The second-order valence-electron chi connectivity index (χ2n) is 6.89. The van der Waals surface area contributed by atoms with Crippen molar-refractivity contribution in [2.75, 3.05) is 10.6 Å². The third-order valence-corrected chi connectivity index (χ3v) is 4.49. The highest BCUT2D eigenvalue weighted by molar-refractivity contribution is 6.03. The van der Waals surface area contributed by atoms with Crippen LogP contribution < -0.4 is 10.6 Å². The van der Waals surface area contributed by atoms with Gasteiger partial charge in [-0.05, 0) is 44.0 Å². The number of aromatic nitrogens is 4. The molecule has 0 spiro atoms. The Labute approximate surface area is 175 Å². The van der Waals surface area contributed by atoms with Crippen LogP contribution in [0.25, 0.3) is 11.5 Å². The Balaban J connectivity index is 1.71. The maximum absolute atomic E-state index is 13.1. The molecule has 10 heteroatoms. The standard InChI is InChI=1S/C21H17F3N6O/c1-12(13-10-11-13)25-19-27-17(15-8-5-9-16(26-15)21(22,23)24)28-20(30-19)29-18(31)14-6-3-2-4-7-14/h2-9H,10-11H2,1H3,(H2,25,27,28,29,30,31). The van der Waals surface area contributed by atoms with Crippen molar-refractivity contribution in [3.63, 3.8) is 0 Å². The van der Waals surface area contributed by atoms with Gasteiger partial charge in [0.2, 0.25) is 11.9 Å². The fraction of sp³-hybridized carbons (Fsp3) is 0.190. The zero-order valence-corrected chi connectivity index (χ0v) is 16.4. The van der Waals surface area contributed by atoms with Gasteiger partial charge in [-0.1, -0.05) is 29.8 Å². The number of halogens is 3. The third-order valence-electron chi connectivity index (χ3n) is 4.49. The highest BCUT2D eigenvalue weighted by atomic mass is 19.4. The first-order valence-corrected chi connectivity index (χ1v) is 9.42. The number of rotatable bonds is 5. The van der Waals surface area contributed by atoms with Crippen LogP contribution in [0, 0.1) is 0 Å². The predicted octanol–water partition coefficient (Wildman–Crippen LogP) is 4.68. The lowest BCUT2D eigenvalue weighted by molar-refractivity contribution is -0.141. The molecule has 2 aromatic heterocycles. The predicted molar refractivity (Wildman–Crippen MR) is 108 cm³/mol. The average molecular weight is 426 g/mol. The maximum Gasteiger partial charge on any atom is 0.433 e. The molecule has 2 heterocycles. The van der Waals surface area contributed by atoms with E-state index in [1.807, 2.05) is 6.92 Å². The van der Waals surface area contributed by atoms with Crippen molar-refractivity contribution in [2.45, 2.75) is 25.9 Å². The summed E-state index contributed by atoms with van der Waals surface area (Å²) in [6.45, 7) is 1.86. The topological polar surface area (TPSA) is 92.7 Å². The fourth-order valence-electron chi connectivity index (χ4n) is 2.78. The molecule has 0 radical (unpaired) electrons. The van der Waals surface area contributed by atoms with Gasteiger partial charge in [-0.15, -0.1) is 0 Å². The molecule has 0 unspecified atom stereocenters. The van der Waals surface area contributed by atoms with E-state index in [9.17, 15) is 18.0 Å². The molecule has 1 aliphatic carbocycles. The maximum atomic E-state index is 13.1. The van der Waals surface area contributed by atoms with Crippen molar-refractivity contribution in [2.24, 2.45) is 0 Å². The summed E-state index contributed by atoms with van der Waals surface area (Å²) in [6, 6.07) is 11.9. The van der Waals surface area contributed by atoms with Crippen LogP contribution >= 0.6 is 0 Å². The minimum Gasteiger partial charge on any atom is -0.328 e. The molecule has 3 aromatic rings. The molecule has 7 nitrogen and oxygen atoms in total. The van der Waals surface area contributed by atoms with Crippen LogP contribution in [-0.4, -0.2) is 25.8 Å². The Kier molecular flexibility index (Phi) is 5.37. The van der Waals surface area contributed by atoms with Crippen LogP contribution in [-0.2, 0) is 6.18 Å². The minimum atomic E-state index is -4.61. The molecule has 2 N–H and O–H groups in total. The Hall–Kier alpha value is -3.82. The number of alkyl halides is 3. The van der Waals surface area contributed by atoms with Gasteiger partial charge in [0, 0.05) is 11.3 Å². The van der Waals surface area contributed by atoms with E-state index >= 15 is 0 Å². The molecule has 1 aliphatic rings. The van der Waals surface area contributed by atoms with Gasteiger partial charge in [-0.3, -0.25) is 10.1 Å². The number of pyridine rings is 1. The van der Waals surface area contributed by atoms with Crippen molar-refractivity contribution in [1.82, 2.24) is 19.9 Å². The third kappa shape index (κ3) is 5.03. The molecular weight excluding hydrogens is 409 g/mol. The van der Waals surface area contributed by atoms with Crippen LogP contribution in [0.15, 0.2) is 59.8 Å². The molecule has 1 fully saturated rings. The number of nitrogens with zero attached hydrogens (tertiary/aromatic N) is 4. The van der Waals surface area contributed by atoms with Gasteiger partial charge < -0.3 is 5.32 Å². The SMILES string of the molecule is CC(Nc1nc(NC(=O)c2ccccc2)nc(-c2cccc(C(F)(F)F)n2)n1)=C1CC1. The van der Waals surface area contributed by atoms with E-state index in [1.54, 1.807) is 30.3 Å². The van der Waals surface area contributed by atoms with Crippen molar-refractivity contribution >= 4 is 17.8 Å². The summed E-state index contributed by atoms with van der Waals surface area (Å²) in [5.41, 5.74) is 1.29. The van der Waals surface area contributed by atoms with Gasteiger partial charge in [-0.25, -0.2) is 4.98 Å². The number of amides is 1. The lowest BCUT2D eigenvalue weighted by Gasteiger charge is -2.11. The van der Waals surface area contributed by atoms with E-state index in [1.165, 1.54) is 17.7 Å². The van der Waals surface area contributed by atoms with Crippen molar-refractivity contribution in [3.05, 3.63) is 71.1 Å². The van der Waals surface area contributed by atoms with Crippen LogP contribution in [0.4, 0.5) is 25.1 Å². The first-order chi connectivity index (χ1) is 14.8. The number of benzene rings is 1. The zero-order chi connectivity index (χ0) is 22.0. The monoisotopic (exact) mass is 426 g/mol. The number of anilines is 2. The number of hydrogen-bond acceptors (Lipinski definition) is 6. The van der Waals surface area contributed by atoms with E-state index < -0.39 is 17.8 Å². The number of allylic oxidation sites excluding steroid dienone is 2. The molecule has 4 rings (SSSR count). The van der Waals surface area contributed by atoms with Crippen LogP contribution in [0.1, 0.15) is 35.8 Å². The minimum absolute atomic E-state index is 0.0905. The summed E-state index contributed by atoms with van der Waals surface area (Å²) in [5, 5.41) is 5.59. The summed E-state index contributed by atoms with van der Waals surface area (Å²) in [5.74, 6) is -0.558. The molecule has 1 aromatic carbocycles. The van der Waals surface area contributed by atoms with Crippen LogP contribution in [0.3, 0.4) is 0 Å². The van der Waals surface area contributed by atoms with E-state index in [2.05, 4.69) is 30.6 Å². The van der Waals surface area contributed by atoms with E-state index in [0.717, 1.165) is 24.6 Å². The van der Waals surface area contributed by atoms with E-state index in [4.69, 9.17) is 0 Å². The second-order valence-corrected chi connectivity index (χ2v) is 6.89. The fourth-order valence-corrected chi connectivity index (χ4v) is 2.78. The smallest absolute Gasteiger partial charge is 0.328 e. The Morgan fingerprint density at radius 1 is 0.871 bits per heavy atom.